The fourth-order valence-corrected chi connectivity index (χ4v) is 4.90. The van der Waals surface area contributed by atoms with Gasteiger partial charge in [-0.05, 0) is 98.1 Å². The molecule has 0 bridgehead atoms. The highest BCUT2D eigenvalue weighted by Gasteiger charge is 2.26. The fourth-order valence-electron chi connectivity index (χ4n) is 3.60. The third-order valence-electron chi connectivity index (χ3n) is 5.18. The lowest BCUT2D eigenvalue weighted by molar-refractivity contribution is -0.110. The average Bonchev–Trinajstić information content (AvgIpc) is 3.01. The molecule has 3 aromatic carbocycles. The van der Waals surface area contributed by atoms with E-state index in [0.29, 0.717) is 12.2 Å². The molecule has 1 amide bonds. The van der Waals surface area contributed by atoms with Gasteiger partial charge in [0.25, 0.3) is 5.91 Å². The molecule has 0 saturated heterocycles. The Kier molecular flexibility index (Phi) is 6.44. The summed E-state index contributed by atoms with van der Waals surface area (Å²) in [5, 5.41) is 2.97. The minimum atomic E-state index is -0.105. The van der Waals surface area contributed by atoms with Gasteiger partial charge in [-0.1, -0.05) is 51.1 Å². The van der Waals surface area contributed by atoms with Crippen molar-refractivity contribution in [2.75, 3.05) is 5.32 Å². The molecule has 31 heavy (non-hydrogen) atoms. The molecule has 0 aliphatic carbocycles. The van der Waals surface area contributed by atoms with Crippen LogP contribution in [0.25, 0.3) is 11.6 Å². The Hall–Kier alpha value is -1.87. The molecule has 3 aromatic rings. The molecular weight excluding hydrogens is 612 g/mol. The molecular formula is C26H23I2NO2. The number of benzene rings is 3. The van der Waals surface area contributed by atoms with Crippen LogP contribution in [0.15, 0.2) is 60.7 Å². The summed E-state index contributed by atoms with van der Waals surface area (Å²) < 4.78 is 8.43. The van der Waals surface area contributed by atoms with Gasteiger partial charge in [-0.25, -0.2) is 0 Å². The van der Waals surface area contributed by atoms with Crippen LogP contribution in [0.4, 0.5) is 5.69 Å². The summed E-state index contributed by atoms with van der Waals surface area (Å²) in [6, 6.07) is 20.4. The second kappa shape index (κ2) is 8.94. The summed E-state index contributed by atoms with van der Waals surface area (Å²) in [7, 11) is 0. The zero-order valence-corrected chi connectivity index (χ0v) is 21.9. The van der Waals surface area contributed by atoms with Gasteiger partial charge in [0, 0.05) is 26.0 Å². The number of rotatable bonds is 4. The van der Waals surface area contributed by atoms with E-state index in [1.807, 2.05) is 42.5 Å². The first kappa shape index (κ1) is 22.3. The van der Waals surface area contributed by atoms with Gasteiger partial charge < -0.3 is 10.1 Å². The highest BCUT2D eigenvalue weighted by Crippen LogP contribution is 2.39. The predicted octanol–water partition coefficient (Wildman–Crippen LogP) is 7.27. The standard InChI is InChI=1S/C26H23I2NO2/c1-26(2,3)21-12-17(11-20-19-14-18(27)9-10-23(19)29-25(20)30)13-22(28)24(21)31-15-16-7-5-4-6-8-16/h4-14H,15H2,1-3H3,(H,29,30). The number of carbonyl (C=O) groups is 1. The van der Waals surface area contributed by atoms with E-state index in [-0.39, 0.29) is 11.3 Å². The number of carbonyl (C=O) groups excluding carboxylic acids is 1. The summed E-state index contributed by atoms with van der Waals surface area (Å²) in [5.74, 6) is 0.846. The summed E-state index contributed by atoms with van der Waals surface area (Å²) in [5.41, 5.74) is 5.67. The van der Waals surface area contributed by atoms with Crippen LogP contribution in [0.5, 0.6) is 5.75 Å². The van der Waals surface area contributed by atoms with Crippen molar-refractivity contribution < 1.29 is 9.53 Å². The molecule has 0 fully saturated rings. The molecule has 158 valence electrons. The monoisotopic (exact) mass is 635 g/mol. The molecule has 5 heteroatoms. The summed E-state index contributed by atoms with van der Waals surface area (Å²) in [6.45, 7) is 7.08. The van der Waals surface area contributed by atoms with Gasteiger partial charge in [0.1, 0.15) is 12.4 Å². The summed E-state index contributed by atoms with van der Waals surface area (Å²) in [6.07, 6.45) is 1.98. The average molecular weight is 635 g/mol. The largest absolute Gasteiger partial charge is 0.487 e. The van der Waals surface area contributed by atoms with Crippen molar-refractivity contribution in [2.24, 2.45) is 0 Å². The third-order valence-corrected chi connectivity index (χ3v) is 6.65. The van der Waals surface area contributed by atoms with Crippen molar-refractivity contribution >= 4 is 68.4 Å². The van der Waals surface area contributed by atoms with Gasteiger partial charge in [0.2, 0.25) is 0 Å². The minimum Gasteiger partial charge on any atom is -0.487 e. The van der Waals surface area contributed by atoms with Crippen LogP contribution in [0.2, 0.25) is 0 Å². The van der Waals surface area contributed by atoms with E-state index in [1.54, 1.807) is 0 Å². The van der Waals surface area contributed by atoms with Crippen LogP contribution in [-0.4, -0.2) is 5.91 Å². The normalized spacial score (nSPS) is 14.5. The highest BCUT2D eigenvalue weighted by atomic mass is 127. The van der Waals surface area contributed by atoms with Crippen molar-refractivity contribution in [1.29, 1.82) is 0 Å². The van der Waals surface area contributed by atoms with E-state index in [0.717, 1.165) is 40.8 Å². The maximum Gasteiger partial charge on any atom is 0.256 e. The second-order valence-corrected chi connectivity index (χ2v) is 11.0. The van der Waals surface area contributed by atoms with E-state index in [9.17, 15) is 4.79 Å². The number of nitrogens with one attached hydrogen (secondary N) is 1. The van der Waals surface area contributed by atoms with Gasteiger partial charge >= 0.3 is 0 Å². The van der Waals surface area contributed by atoms with Gasteiger partial charge in [-0.15, -0.1) is 0 Å². The van der Waals surface area contributed by atoms with E-state index >= 15 is 0 Å². The number of anilines is 1. The topological polar surface area (TPSA) is 38.3 Å². The molecule has 0 radical (unpaired) electrons. The van der Waals surface area contributed by atoms with E-state index < -0.39 is 0 Å². The van der Waals surface area contributed by atoms with Gasteiger partial charge in [0.05, 0.1) is 3.57 Å². The quantitative estimate of drug-likeness (QED) is 0.242. The van der Waals surface area contributed by atoms with Crippen molar-refractivity contribution in [3.8, 4) is 5.75 Å². The number of amides is 1. The SMILES string of the molecule is CC(C)(C)c1cc(C=C2C(=O)Nc3ccc(I)cc32)cc(I)c1OCc1ccccc1. The molecule has 0 aromatic heterocycles. The maximum atomic E-state index is 12.6. The lowest BCUT2D eigenvalue weighted by Gasteiger charge is -2.25. The zero-order chi connectivity index (χ0) is 22.2. The molecule has 0 spiro atoms. The molecule has 1 aliphatic rings. The molecule has 1 N–H and O–H groups in total. The van der Waals surface area contributed by atoms with Crippen molar-refractivity contribution in [2.45, 2.75) is 32.8 Å². The van der Waals surface area contributed by atoms with Crippen molar-refractivity contribution in [3.05, 3.63) is 90.1 Å². The summed E-state index contributed by atoms with van der Waals surface area (Å²) in [4.78, 5) is 12.6. The van der Waals surface area contributed by atoms with Gasteiger partial charge in [-0.3, -0.25) is 4.79 Å². The number of hydrogen-bond acceptors (Lipinski definition) is 2. The van der Waals surface area contributed by atoms with Gasteiger partial charge in [0.15, 0.2) is 0 Å². The number of hydrogen-bond donors (Lipinski definition) is 1. The molecule has 4 rings (SSSR count). The molecule has 0 saturated carbocycles. The Bertz CT molecular complexity index is 1180. The Labute approximate surface area is 210 Å². The second-order valence-electron chi connectivity index (χ2n) is 8.61. The van der Waals surface area contributed by atoms with E-state index in [2.05, 4.69) is 95.5 Å². The van der Waals surface area contributed by atoms with Crippen LogP contribution in [0.1, 0.15) is 43.0 Å². The Morgan fingerprint density at radius 1 is 1.00 bits per heavy atom. The molecule has 1 heterocycles. The molecule has 0 unspecified atom stereocenters. The van der Waals surface area contributed by atoms with E-state index in [4.69, 9.17) is 4.74 Å². The van der Waals surface area contributed by atoms with E-state index in [1.165, 1.54) is 0 Å². The van der Waals surface area contributed by atoms with Crippen LogP contribution in [-0.2, 0) is 16.8 Å². The van der Waals surface area contributed by atoms with Crippen LogP contribution in [0, 0.1) is 7.14 Å². The highest BCUT2D eigenvalue weighted by molar-refractivity contribution is 14.1. The van der Waals surface area contributed by atoms with Crippen molar-refractivity contribution in [1.82, 2.24) is 0 Å². The van der Waals surface area contributed by atoms with Crippen LogP contribution in [0.3, 0.4) is 0 Å². The number of fused-ring (bicyclic) bond motifs is 1. The lowest BCUT2D eigenvalue weighted by atomic mass is 9.85. The first-order valence-electron chi connectivity index (χ1n) is 10.1. The Morgan fingerprint density at radius 3 is 2.45 bits per heavy atom. The smallest absolute Gasteiger partial charge is 0.256 e. The molecule has 3 nitrogen and oxygen atoms in total. The Morgan fingerprint density at radius 2 is 1.74 bits per heavy atom. The minimum absolute atomic E-state index is 0.0614. The van der Waals surface area contributed by atoms with Crippen LogP contribution < -0.4 is 10.1 Å². The molecule has 0 atom stereocenters. The number of ether oxygens (including phenoxy) is 1. The Balaban J connectivity index is 1.74. The summed E-state index contributed by atoms with van der Waals surface area (Å²) >= 11 is 4.61. The lowest BCUT2D eigenvalue weighted by Crippen LogP contribution is -2.15. The first-order chi connectivity index (χ1) is 14.7. The first-order valence-corrected chi connectivity index (χ1v) is 12.2. The number of halogens is 2. The fraction of sp³-hybridized carbons (Fsp3) is 0.192. The van der Waals surface area contributed by atoms with Crippen LogP contribution >= 0.6 is 45.2 Å². The van der Waals surface area contributed by atoms with Crippen molar-refractivity contribution in [3.63, 3.8) is 0 Å². The van der Waals surface area contributed by atoms with Gasteiger partial charge in [-0.2, -0.15) is 0 Å². The third kappa shape index (κ3) is 4.98. The molecule has 1 aliphatic heterocycles. The maximum absolute atomic E-state index is 12.6. The predicted molar refractivity (Wildman–Crippen MR) is 144 cm³/mol. The zero-order valence-electron chi connectivity index (χ0n) is 17.6.